The second-order valence-corrected chi connectivity index (χ2v) is 8.93. The van der Waals surface area contributed by atoms with E-state index in [0.29, 0.717) is 48.4 Å². The van der Waals surface area contributed by atoms with Gasteiger partial charge >= 0.3 is 6.18 Å². The number of oxazole rings is 1. The molecule has 1 N–H and O–H groups in total. The van der Waals surface area contributed by atoms with Gasteiger partial charge in [0.05, 0.1) is 17.3 Å². The van der Waals surface area contributed by atoms with Gasteiger partial charge in [0.25, 0.3) is 5.91 Å². The van der Waals surface area contributed by atoms with Crippen molar-refractivity contribution in [2.24, 2.45) is 5.92 Å². The van der Waals surface area contributed by atoms with Gasteiger partial charge in [0.1, 0.15) is 17.3 Å². The molecule has 0 aromatic carbocycles. The molecule has 4 rings (SSSR count). The maximum absolute atomic E-state index is 13.7. The number of nitrogens with one attached hydrogen (secondary N) is 1. The zero-order chi connectivity index (χ0) is 25.2. The van der Waals surface area contributed by atoms with Crippen LogP contribution in [-0.4, -0.2) is 44.9 Å². The van der Waals surface area contributed by atoms with Crippen LogP contribution in [0.1, 0.15) is 54.2 Å². The van der Waals surface area contributed by atoms with Gasteiger partial charge in [-0.25, -0.2) is 15.0 Å². The topological polar surface area (TPSA) is 84.2 Å². The quantitative estimate of drug-likeness (QED) is 0.503. The number of halogens is 3. The Hall–Kier alpha value is -3.43. The van der Waals surface area contributed by atoms with Crippen molar-refractivity contribution in [1.82, 2.24) is 19.9 Å². The Kier molecular flexibility index (Phi) is 7.09. The van der Waals surface area contributed by atoms with Crippen LogP contribution in [0.2, 0.25) is 0 Å². The number of rotatable bonds is 6. The first kappa shape index (κ1) is 24.7. The van der Waals surface area contributed by atoms with Gasteiger partial charge in [-0.05, 0) is 49.9 Å². The summed E-state index contributed by atoms with van der Waals surface area (Å²) >= 11 is 0. The largest absolute Gasteiger partial charge is 0.441 e. The SMILES string of the molecule is CCc1cnc(-c2ccc(C)nc2C(=O)N2CC[C@H](C)CC2CNc2ccc(C(F)(F)F)cn2)o1. The molecular formula is C25H28F3N5O2. The molecular weight excluding hydrogens is 459 g/mol. The second kappa shape index (κ2) is 10.1. The number of hydrogen-bond acceptors (Lipinski definition) is 6. The van der Waals surface area contributed by atoms with E-state index < -0.39 is 11.7 Å². The van der Waals surface area contributed by atoms with Crippen LogP contribution in [0.4, 0.5) is 19.0 Å². The van der Waals surface area contributed by atoms with Gasteiger partial charge in [-0.1, -0.05) is 13.8 Å². The third kappa shape index (κ3) is 5.63. The summed E-state index contributed by atoms with van der Waals surface area (Å²) in [6.45, 7) is 6.81. The minimum absolute atomic E-state index is 0.179. The number of hydrogen-bond donors (Lipinski definition) is 1. The number of anilines is 1. The summed E-state index contributed by atoms with van der Waals surface area (Å²) in [7, 11) is 0. The number of aryl methyl sites for hydroxylation is 2. The Bertz CT molecular complexity index is 1180. The van der Waals surface area contributed by atoms with Crippen LogP contribution < -0.4 is 5.32 Å². The van der Waals surface area contributed by atoms with Crippen LogP contribution in [0, 0.1) is 12.8 Å². The molecule has 1 aliphatic rings. The van der Waals surface area contributed by atoms with E-state index in [1.807, 2.05) is 19.9 Å². The fourth-order valence-corrected chi connectivity index (χ4v) is 4.22. The lowest BCUT2D eigenvalue weighted by molar-refractivity contribution is -0.137. The molecule has 1 amide bonds. The third-order valence-electron chi connectivity index (χ3n) is 6.22. The summed E-state index contributed by atoms with van der Waals surface area (Å²) in [5.41, 5.74) is 0.715. The van der Waals surface area contributed by atoms with E-state index in [9.17, 15) is 18.0 Å². The van der Waals surface area contributed by atoms with Crippen molar-refractivity contribution >= 4 is 11.7 Å². The Morgan fingerprint density at radius 1 is 1.20 bits per heavy atom. The molecule has 7 nitrogen and oxygen atoms in total. The summed E-state index contributed by atoms with van der Waals surface area (Å²) in [5.74, 6) is 1.57. The molecule has 1 fully saturated rings. The molecule has 1 aliphatic heterocycles. The van der Waals surface area contributed by atoms with E-state index in [-0.39, 0.29) is 17.6 Å². The summed E-state index contributed by atoms with van der Waals surface area (Å²) in [6.07, 6.45) is 0.299. The predicted octanol–water partition coefficient (Wildman–Crippen LogP) is 5.37. The molecule has 0 aliphatic carbocycles. The van der Waals surface area contributed by atoms with E-state index in [2.05, 4.69) is 27.2 Å². The smallest absolute Gasteiger partial charge is 0.417 e. The molecule has 0 bridgehead atoms. The Morgan fingerprint density at radius 2 is 2.00 bits per heavy atom. The van der Waals surface area contributed by atoms with Crippen LogP contribution >= 0.6 is 0 Å². The van der Waals surface area contributed by atoms with E-state index in [0.717, 1.165) is 30.9 Å². The molecule has 2 atom stereocenters. The highest BCUT2D eigenvalue weighted by molar-refractivity contribution is 5.98. The molecule has 0 spiro atoms. The van der Waals surface area contributed by atoms with Gasteiger partial charge in [0.15, 0.2) is 0 Å². The maximum atomic E-state index is 13.7. The van der Waals surface area contributed by atoms with Crippen LogP contribution in [0.5, 0.6) is 0 Å². The third-order valence-corrected chi connectivity index (χ3v) is 6.22. The van der Waals surface area contributed by atoms with Crippen molar-refractivity contribution in [2.45, 2.75) is 52.3 Å². The fraction of sp³-hybridized carbons (Fsp3) is 0.440. The molecule has 3 aromatic heterocycles. The monoisotopic (exact) mass is 487 g/mol. The Morgan fingerprint density at radius 3 is 2.66 bits per heavy atom. The van der Waals surface area contributed by atoms with Crippen LogP contribution in [0.3, 0.4) is 0 Å². The number of carbonyl (C=O) groups excluding carboxylic acids is 1. The normalized spacial score (nSPS) is 18.5. The van der Waals surface area contributed by atoms with Crippen LogP contribution in [0.25, 0.3) is 11.5 Å². The van der Waals surface area contributed by atoms with Crippen molar-refractivity contribution in [3.63, 3.8) is 0 Å². The van der Waals surface area contributed by atoms with E-state index >= 15 is 0 Å². The number of amides is 1. The summed E-state index contributed by atoms with van der Waals surface area (Å²) in [6, 6.07) is 5.73. The standard InChI is InChI=1S/C25H28F3N5O2/c1-4-19-14-31-23(35-19)20-7-5-16(3)32-22(20)24(34)33-10-9-15(2)11-18(33)13-30-21-8-6-17(12-29-21)25(26,27)28/h5-8,12,14-15,18H,4,9-11,13H2,1-3H3,(H,29,30)/t15-,18?/m0/s1. The Balaban J connectivity index is 1.56. The molecule has 0 radical (unpaired) electrons. The zero-order valence-corrected chi connectivity index (χ0v) is 19.9. The average molecular weight is 488 g/mol. The van der Waals surface area contributed by atoms with E-state index in [1.54, 1.807) is 17.2 Å². The summed E-state index contributed by atoms with van der Waals surface area (Å²) < 4.78 is 44.3. The van der Waals surface area contributed by atoms with Crippen molar-refractivity contribution in [2.75, 3.05) is 18.4 Å². The lowest BCUT2D eigenvalue weighted by Gasteiger charge is -2.38. The lowest BCUT2D eigenvalue weighted by Crippen LogP contribution is -2.49. The minimum atomic E-state index is -4.44. The number of nitrogens with zero attached hydrogens (tertiary/aromatic N) is 4. The number of alkyl halides is 3. The van der Waals surface area contributed by atoms with E-state index in [4.69, 9.17) is 4.42 Å². The van der Waals surface area contributed by atoms with Gasteiger partial charge in [0, 0.05) is 37.4 Å². The maximum Gasteiger partial charge on any atom is 0.417 e. The minimum Gasteiger partial charge on any atom is -0.441 e. The summed E-state index contributed by atoms with van der Waals surface area (Å²) in [4.78, 5) is 28.3. The van der Waals surface area contributed by atoms with Gasteiger partial charge in [-0.15, -0.1) is 0 Å². The highest BCUT2D eigenvalue weighted by Crippen LogP contribution is 2.30. The van der Waals surface area contributed by atoms with E-state index in [1.165, 1.54) is 6.07 Å². The first-order valence-electron chi connectivity index (χ1n) is 11.7. The predicted molar refractivity (Wildman–Crippen MR) is 125 cm³/mol. The highest BCUT2D eigenvalue weighted by Gasteiger charge is 2.33. The molecule has 4 heterocycles. The van der Waals surface area contributed by atoms with Crippen molar-refractivity contribution in [1.29, 1.82) is 0 Å². The van der Waals surface area contributed by atoms with Gasteiger partial charge in [-0.3, -0.25) is 4.79 Å². The fourth-order valence-electron chi connectivity index (χ4n) is 4.22. The Labute approximate surface area is 201 Å². The number of aromatic nitrogens is 3. The molecule has 35 heavy (non-hydrogen) atoms. The number of pyridine rings is 2. The first-order valence-corrected chi connectivity index (χ1v) is 11.7. The van der Waals surface area contributed by atoms with Crippen LogP contribution in [0.15, 0.2) is 41.1 Å². The van der Waals surface area contributed by atoms with Crippen LogP contribution in [-0.2, 0) is 12.6 Å². The zero-order valence-electron chi connectivity index (χ0n) is 19.9. The van der Waals surface area contributed by atoms with Gasteiger partial charge in [-0.2, -0.15) is 13.2 Å². The summed E-state index contributed by atoms with van der Waals surface area (Å²) in [5, 5.41) is 3.09. The number of likely N-dealkylation sites (tertiary alicyclic amines) is 1. The highest BCUT2D eigenvalue weighted by atomic mass is 19.4. The first-order chi connectivity index (χ1) is 16.7. The molecule has 1 unspecified atom stereocenters. The number of piperidine rings is 1. The second-order valence-electron chi connectivity index (χ2n) is 8.93. The lowest BCUT2D eigenvalue weighted by atomic mass is 9.91. The van der Waals surface area contributed by atoms with Crippen molar-refractivity contribution < 1.29 is 22.4 Å². The van der Waals surface area contributed by atoms with Gasteiger partial charge in [0.2, 0.25) is 5.89 Å². The molecule has 1 saturated heterocycles. The molecule has 3 aromatic rings. The van der Waals surface area contributed by atoms with Crippen molar-refractivity contribution in [3.05, 3.63) is 59.4 Å². The number of carbonyl (C=O) groups is 1. The average Bonchev–Trinajstić information content (AvgIpc) is 3.31. The van der Waals surface area contributed by atoms with Crippen molar-refractivity contribution in [3.8, 4) is 11.5 Å². The van der Waals surface area contributed by atoms with Gasteiger partial charge < -0.3 is 14.6 Å². The molecule has 186 valence electrons. The molecule has 0 saturated carbocycles. The molecule has 10 heteroatoms.